The van der Waals surface area contributed by atoms with Crippen molar-refractivity contribution in [3.8, 4) is 0 Å². The number of alkyl halides is 2. The second kappa shape index (κ2) is 45.8. The number of carbonyl (C=O) groups excluding carboxylic acids is 7. The number of quaternary nitrogens is 1. The second-order valence-electron chi connectivity index (χ2n) is 13.2. The Morgan fingerprint density at radius 1 is 0.771 bits per heavy atom. The SMILES string of the molecule is C.C.CC(=O)N[C@@H](CCC(=O)OCc1ccccc1)C(=O)NCCOCCOCCN=[N+]=[N-].O=C(CC[C@@H]1NC(=O)OC1=O)OCc1ccccc1.O=C([O-])C(F)F.[N-]=[N+]=NCCOCCOCC[NH3+]. The number of nitrogens with zero attached hydrogens (tertiary/aromatic N) is 6. The molecule has 1 aliphatic heterocycles. The predicted molar refractivity (Wildman–Crippen MR) is 244 cm³/mol. The molecule has 3 rings (SSSR count). The second-order valence-corrected chi connectivity index (χ2v) is 13.2. The largest absolute Gasteiger partial charge is 0.544 e. The number of azide groups is 2. The van der Waals surface area contributed by atoms with Gasteiger partial charge in [-0.25, -0.2) is 18.4 Å². The third-order valence-electron chi connectivity index (χ3n) is 7.78. The summed E-state index contributed by atoms with van der Waals surface area (Å²) in [7, 11) is 0. The summed E-state index contributed by atoms with van der Waals surface area (Å²) in [6, 6.07) is 16.9. The van der Waals surface area contributed by atoms with Crippen LogP contribution in [0, 0.1) is 0 Å². The highest BCUT2D eigenvalue weighted by atomic mass is 19.3. The zero-order valence-electron chi connectivity index (χ0n) is 37.5. The maximum atomic E-state index is 12.3. The molecule has 3 amide bonds. The molecule has 2 aromatic rings. The first-order valence-electron chi connectivity index (χ1n) is 20.8. The van der Waals surface area contributed by atoms with Gasteiger partial charge in [-0.05, 0) is 35.0 Å². The van der Waals surface area contributed by atoms with Crippen molar-refractivity contribution >= 4 is 41.8 Å². The summed E-state index contributed by atoms with van der Waals surface area (Å²) in [5, 5.41) is 23.0. The molecule has 1 fully saturated rings. The van der Waals surface area contributed by atoms with Gasteiger partial charge in [-0.15, -0.1) is 0 Å². The van der Waals surface area contributed by atoms with Crippen LogP contribution in [0.15, 0.2) is 70.9 Å². The van der Waals surface area contributed by atoms with Gasteiger partial charge in [0, 0.05) is 49.2 Å². The lowest BCUT2D eigenvalue weighted by Gasteiger charge is -2.17. The minimum atomic E-state index is -3.34. The van der Waals surface area contributed by atoms with Crippen LogP contribution in [0.2, 0.25) is 0 Å². The van der Waals surface area contributed by atoms with E-state index in [4.69, 9.17) is 49.4 Å². The number of carboxylic acid groups (broad SMARTS) is 1. The topological polar surface area (TPSA) is 368 Å². The molecule has 392 valence electrons. The molecule has 0 radical (unpaired) electrons. The van der Waals surface area contributed by atoms with Crippen molar-refractivity contribution in [2.24, 2.45) is 10.2 Å². The van der Waals surface area contributed by atoms with Gasteiger partial charge >= 0.3 is 24.0 Å². The van der Waals surface area contributed by atoms with Crippen LogP contribution in [0.25, 0.3) is 20.9 Å². The number of amides is 3. The molecule has 0 saturated carbocycles. The average Bonchev–Trinajstić information content (AvgIpc) is 3.66. The lowest BCUT2D eigenvalue weighted by Crippen LogP contribution is -2.52. The number of carboxylic acids is 1. The molecular formula is C43H66F2N10O15. The van der Waals surface area contributed by atoms with Crippen LogP contribution < -0.4 is 26.8 Å². The Balaban J connectivity index is -0.000000975. The van der Waals surface area contributed by atoms with Gasteiger partial charge in [0.25, 0.3) is 6.43 Å². The van der Waals surface area contributed by atoms with Crippen LogP contribution in [-0.2, 0) is 75.1 Å². The van der Waals surface area contributed by atoms with Crippen LogP contribution in [0.5, 0.6) is 0 Å². The Hall–Kier alpha value is -6.99. The molecule has 2 atom stereocenters. The number of benzene rings is 2. The van der Waals surface area contributed by atoms with Crippen molar-refractivity contribution < 1.29 is 86.3 Å². The number of carbonyl (C=O) groups is 7. The molecule has 1 heterocycles. The van der Waals surface area contributed by atoms with Crippen LogP contribution in [0.3, 0.4) is 0 Å². The summed E-state index contributed by atoms with van der Waals surface area (Å²) in [5.41, 5.74) is 21.4. The van der Waals surface area contributed by atoms with E-state index in [1.165, 1.54) is 6.92 Å². The number of cyclic esters (lactones) is 2. The summed E-state index contributed by atoms with van der Waals surface area (Å²) in [5.74, 6) is -4.61. The van der Waals surface area contributed by atoms with Gasteiger partial charge in [-0.3, -0.25) is 19.2 Å². The van der Waals surface area contributed by atoms with E-state index < -0.39 is 54.4 Å². The fourth-order valence-electron chi connectivity index (χ4n) is 4.66. The highest BCUT2D eigenvalue weighted by molar-refractivity contribution is 5.95. The number of rotatable bonds is 30. The van der Waals surface area contributed by atoms with Crippen molar-refractivity contribution in [3.05, 3.63) is 92.7 Å². The molecule has 0 aromatic heterocycles. The van der Waals surface area contributed by atoms with Gasteiger partial charge in [0.05, 0.1) is 59.4 Å². The lowest BCUT2D eigenvalue weighted by atomic mass is 10.1. The summed E-state index contributed by atoms with van der Waals surface area (Å²) >= 11 is 0. The average molecular weight is 1000 g/mol. The quantitative estimate of drug-likeness (QED) is 0.0166. The summed E-state index contributed by atoms with van der Waals surface area (Å²) in [4.78, 5) is 83.0. The molecule has 0 bridgehead atoms. The van der Waals surface area contributed by atoms with Crippen molar-refractivity contribution in [1.29, 1.82) is 0 Å². The van der Waals surface area contributed by atoms with E-state index in [-0.39, 0.29) is 79.4 Å². The van der Waals surface area contributed by atoms with Crippen molar-refractivity contribution in [2.45, 2.75) is 79.2 Å². The van der Waals surface area contributed by atoms with Gasteiger partial charge < -0.3 is 64.7 Å². The molecule has 1 saturated heterocycles. The number of aliphatic carboxylic acids is 1. The fraction of sp³-hybridized carbons (Fsp3) is 0.558. The number of hydrogen-bond acceptors (Lipinski definition) is 17. The van der Waals surface area contributed by atoms with E-state index in [2.05, 4.69) is 46.5 Å². The lowest BCUT2D eigenvalue weighted by molar-refractivity contribution is -0.374. The number of halogens is 2. The van der Waals surface area contributed by atoms with Crippen LogP contribution in [0.4, 0.5) is 13.6 Å². The van der Waals surface area contributed by atoms with Gasteiger partial charge in [-0.1, -0.05) is 85.7 Å². The molecule has 27 heteroatoms. The summed E-state index contributed by atoms with van der Waals surface area (Å²) in [6.07, 6.45) is -3.77. The van der Waals surface area contributed by atoms with E-state index in [1.807, 2.05) is 60.7 Å². The van der Waals surface area contributed by atoms with Crippen LogP contribution in [-0.4, -0.2) is 139 Å². The van der Waals surface area contributed by atoms with Gasteiger partial charge in [0.15, 0.2) is 0 Å². The normalized spacial score (nSPS) is 12.2. The molecule has 6 N–H and O–H groups in total. The van der Waals surface area contributed by atoms with Crippen molar-refractivity contribution in [1.82, 2.24) is 16.0 Å². The van der Waals surface area contributed by atoms with E-state index in [9.17, 15) is 37.5 Å². The third kappa shape index (κ3) is 40.1. The maximum Gasteiger partial charge on any atom is 0.415 e. The van der Waals surface area contributed by atoms with E-state index >= 15 is 0 Å². The Labute approximate surface area is 404 Å². The zero-order valence-corrected chi connectivity index (χ0v) is 37.5. The van der Waals surface area contributed by atoms with Gasteiger partial charge in [0.2, 0.25) is 11.8 Å². The van der Waals surface area contributed by atoms with E-state index in [1.54, 1.807) is 0 Å². The first kappa shape index (κ1) is 67.3. The Bertz CT molecular complexity index is 1860. The standard InChI is InChI=1S/C20H29N5O6.C13H13NO5.C6H14N4O2.C2H2F2O2.2CH4/c1-16(26)24-18(7-8-19(27)31-15-17-5-3-2-4-6-17)20(28)22-9-11-29-13-14-30-12-10-23-25-21;15-11(18-8-9-4-2-1-3-5-9)7-6-10-12(16)19-13(17)14-10;7-1-3-11-5-6-12-4-2-9-10-8;3-1(4)2(5)6;;/h2-6,18H,7-15H2,1H3,(H,22,28)(H,24,26);1-5,10H,6-8H2,(H,14,17);1-7H2;1H,(H,5,6);2*1H4/t18-;10-;;;;/m00..../s1. The highest BCUT2D eigenvalue weighted by Gasteiger charge is 2.32. The van der Waals surface area contributed by atoms with Crippen LogP contribution >= 0.6 is 0 Å². The first-order valence-corrected chi connectivity index (χ1v) is 20.8. The Kier molecular flexibility index (Phi) is 44.0. The van der Waals surface area contributed by atoms with Crippen molar-refractivity contribution in [2.75, 3.05) is 79.0 Å². The minimum absolute atomic E-state index is 0. The molecular weight excluding hydrogens is 935 g/mol. The molecule has 0 aliphatic carbocycles. The molecule has 70 heavy (non-hydrogen) atoms. The first-order chi connectivity index (χ1) is 32.7. The van der Waals surface area contributed by atoms with E-state index in [0.717, 1.165) is 17.7 Å². The van der Waals surface area contributed by atoms with Gasteiger partial charge in [-0.2, -0.15) is 0 Å². The Morgan fingerprint density at radius 2 is 1.23 bits per heavy atom. The monoisotopic (exact) mass is 1000 g/mol. The number of hydrogen-bond donors (Lipinski definition) is 4. The Morgan fingerprint density at radius 3 is 1.64 bits per heavy atom. The smallest absolute Gasteiger partial charge is 0.415 e. The zero-order chi connectivity index (χ0) is 50.6. The number of nitrogens with one attached hydrogen (secondary N) is 3. The van der Waals surface area contributed by atoms with E-state index in [0.29, 0.717) is 52.8 Å². The maximum absolute atomic E-state index is 12.3. The molecule has 25 nitrogen and oxygen atoms in total. The molecule has 0 unspecified atom stereocenters. The van der Waals surface area contributed by atoms with Gasteiger partial charge in [0.1, 0.15) is 31.3 Å². The summed E-state index contributed by atoms with van der Waals surface area (Å²) in [6.45, 7) is 6.80. The summed E-state index contributed by atoms with van der Waals surface area (Å²) < 4.78 is 56.2. The number of esters is 3. The predicted octanol–water partition coefficient (Wildman–Crippen LogP) is 2.46. The minimum Gasteiger partial charge on any atom is -0.544 e. The number of alkyl carbamates (subject to hydrolysis) is 1. The molecule has 1 aliphatic rings. The molecule has 0 spiro atoms. The molecule has 2 aromatic carbocycles. The van der Waals surface area contributed by atoms with Crippen LogP contribution in [0.1, 0.15) is 58.6 Å². The fourth-order valence-corrected chi connectivity index (χ4v) is 4.66. The number of ether oxygens (including phenoxy) is 7. The highest BCUT2D eigenvalue weighted by Crippen LogP contribution is 2.09. The third-order valence-corrected chi connectivity index (χ3v) is 7.78. The van der Waals surface area contributed by atoms with Crippen molar-refractivity contribution in [3.63, 3.8) is 0 Å².